The molecule has 6 N–H and O–H groups in total. The highest BCUT2D eigenvalue weighted by atomic mass is 16.3. The van der Waals surface area contributed by atoms with Crippen molar-refractivity contribution >= 4 is 0 Å². The van der Waals surface area contributed by atoms with Crippen LogP contribution in [0.3, 0.4) is 0 Å². The van der Waals surface area contributed by atoms with E-state index in [2.05, 4.69) is 32.9 Å². The molecule has 7 aromatic rings. The molecular weight excluding hydrogens is 709 g/mol. The second-order valence-electron chi connectivity index (χ2n) is 16.0. The summed E-state index contributed by atoms with van der Waals surface area (Å²) >= 11 is 0. The molecule has 0 saturated carbocycles. The molecule has 0 heterocycles. The lowest BCUT2D eigenvalue weighted by Crippen LogP contribution is -2.37. The first-order chi connectivity index (χ1) is 27.3. The summed E-state index contributed by atoms with van der Waals surface area (Å²) in [5.41, 5.74) is 8.91. The zero-order valence-electron chi connectivity index (χ0n) is 32.4. The molecule has 3 atom stereocenters. The first-order valence-corrected chi connectivity index (χ1v) is 19.2. The van der Waals surface area contributed by atoms with Crippen LogP contribution in [0.15, 0.2) is 158 Å². The lowest BCUT2D eigenvalue weighted by molar-refractivity contribution is 0.276. The minimum atomic E-state index is -0.563. The zero-order valence-corrected chi connectivity index (χ0v) is 32.4. The van der Waals surface area contributed by atoms with Gasteiger partial charge in [0.1, 0.15) is 34.5 Å². The van der Waals surface area contributed by atoms with Crippen molar-refractivity contribution in [3.8, 4) is 67.9 Å². The van der Waals surface area contributed by atoms with Gasteiger partial charge in [-0.05, 0) is 177 Å². The normalized spacial score (nSPS) is 14.0. The van der Waals surface area contributed by atoms with Crippen LogP contribution >= 0.6 is 0 Å². The number of hydrogen-bond acceptors (Lipinski definition) is 6. The van der Waals surface area contributed by atoms with Crippen molar-refractivity contribution in [2.45, 2.75) is 56.8 Å². The van der Waals surface area contributed by atoms with Crippen LogP contribution in [0.2, 0.25) is 0 Å². The van der Waals surface area contributed by atoms with Gasteiger partial charge in [0, 0.05) is 0 Å². The molecule has 6 heteroatoms. The van der Waals surface area contributed by atoms with Crippen molar-refractivity contribution in [1.82, 2.24) is 0 Å². The minimum Gasteiger partial charge on any atom is -0.508 e. The Bertz CT molecular complexity index is 2370. The van der Waals surface area contributed by atoms with Crippen LogP contribution in [-0.2, 0) is 17.3 Å². The fraction of sp³-hybridized carbons (Fsp3) is 0.176. The van der Waals surface area contributed by atoms with Crippen molar-refractivity contribution in [1.29, 1.82) is 0 Å². The molecule has 0 fully saturated rings. The Morgan fingerprint density at radius 1 is 0.404 bits per heavy atom. The van der Waals surface area contributed by atoms with Gasteiger partial charge in [-0.2, -0.15) is 0 Å². The molecule has 0 amide bonds. The maximum Gasteiger partial charge on any atom is 0.115 e. The quantitative estimate of drug-likeness (QED) is 0.0738. The van der Waals surface area contributed by atoms with Gasteiger partial charge in [0.15, 0.2) is 0 Å². The van der Waals surface area contributed by atoms with E-state index in [1.165, 1.54) is 0 Å². The highest BCUT2D eigenvalue weighted by molar-refractivity contribution is 5.86. The Morgan fingerprint density at radius 2 is 0.737 bits per heavy atom. The summed E-state index contributed by atoms with van der Waals surface area (Å²) in [6.45, 7) is 6.76. The molecule has 0 radical (unpaired) electrons. The molecule has 0 aliphatic rings. The lowest BCUT2D eigenvalue weighted by atomic mass is 9.61. The van der Waals surface area contributed by atoms with Gasteiger partial charge in [0.05, 0.1) is 0 Å². The largest absolute Gasteiger partial charge is 0.508 e. The van der Waals surface area contributed by atoms with E-state index in [1.807, 2.05) is 72.8 Å². The molecule has 3 unspecified atom stereocenters. The minimum absolute atomic E-state index is 0.109. The molecule has 0 bridgehead atoms. The Hall–Kier alpha value is -6.66. The summed E-state index contributed by atoms with van der Waals surface area (Å²) in [7, 11) is 0. The van der Waals surface area contributed by atoms with E-state index in [4.69, 9.17) is 0 Å². The lowest BCUT2D eigenvalue weighted by Gasteiger charge is -2.43. The zero-order chi connectivity index (χ0) is 40.3. The number of benzene rings is 7. The molecule has 7 rings (SSSR count). The fourth-order valence-corrected chi connectivity index (χ4v) is 8.61. The second kappa shape index (κ2) is 15.8. The molecule has 7 aromatic carbocycles. The average molecular weight is 757 g/mol. The van der Waals surface area contributed by atoms with Crippen molar-refractivity contribution in [2.24, 2.45) is 0 Å². The maximum absolute atomic E-state index is 10.5. The Balaban J connectivity index is 1.46. The Morgan fingerprint density at radius 3 is 1.14 bits per heavy atom. The van der Waals surface area contributed by atoms with E-state index in [-0.39, 0.29) is 40.4 Å². The van der Waals surface area contributed by atoms with E-state index in [1.54, 1.807) is 72.8 Å². The summed E-state index contributed by atoms with van der Waals surface area (Å²) in [6.07, 6.45) is 1.98. The van der Waals surface area contributed by atoms with Crippen molar-refractivity contribution < 1.29 is 30.6 Å². The maximum atomic E-state index is 10.5. The summed E-state index contributed by atoms with van der Waals surface area (Å²) in [5.74, 6) is 1.20. The van der Waals surface area contributed by atoms with Crippen molar-refractivity contribution in [2.75, 3.05) is 0 Å². The summed E-state index contributed by atoms with van der Waals surface area (Å²) in [6, 6.07) is 48.3. The van der Waals surface area contributed by atoms with Gasteiger partial charge in [-0.15, -0.1) is 0 Å². The third-order valence-corrected chi connectivity index (χ3v) is 11.5. The first-order valence-electron chi connectivity index (χ1n) is 19.2. The third kappa shape index (κ3) is 8.61. The molecule has 0 aliphatic heterocycles. The molecular formula is C51H48O6. The average Bonchev–Trinajstić information content (AvgIpc) is 3.19. The number of phenolic OH excluding ortho intramolecular Hbond substituents is 6. The van der Waals surface area contributed by atoms with Crippen LogP contribution in [0.25, 0.3) is 33.4 Å². The number of rotatable bonds is 12. The Labute approximate surface area is 334 Å². The van der Waals surface area contributed by atoms with Gasteiger partial charge in [0.2, 0.25) is 0 Å². The number of aromatic hydroxyl groups is 6. The molecule has 288 valence electrons. The highest BCUT2D eigenvalue weighted by Crippen LogP contribution is 2.49. The van der Waals surface area contributed by atoms with E-state index >= 15 is 0 Å². The smallest absolute Gasteiger partial charge is 0.115 e. The monoisotopic (exact) mass is 756 g/mol. The molecule has 0 saturated heterocycles. The van der Waals surface area contributed by atoms with E-state index in [9.17, 15) is 30.6 Å². The van der Waals surface area contributed by atoms with E-state index in [0.717, 1.165) is 62.1 Å². The summed E-state index contributed by atoms with van der Waals surface area (Å²) in [5, 5.41) is 61.8. The second-order valence-corrected chi connectivity index (χ2v) is 16.0. The van der Waals surface area contributed by atoms with E-state index in [0.29, 0.717) is 12.8 Å². The SMILES string of the molecule is CC(CC(C)(CC(C)(Cc1c(-c2ccc(O)cc2)cc(-c2ccc(O)cc2)cc1-c1ccc(O)cc1)c1ccc(O)cc1)c1ccc(O)cc1)c1ccc(O)cc1. The van der Waals surface area contributed by atoms with Crippen LogP contribution in [0.5, 0.6) is 34.5 Å². The molecule has 57 heavy (non-hydrogen) atoms. The van der Waals surface area contributed by atoms with Crippen LogP contribution in [-0.4, -0.2) is 30.6 Å². The highest BCUT2D eigenvalue weighted by Gasteiger charge is 2.40. The standard InChI is InChI=1S/C51H48O6/c1-33(34-4-16-41(52)17-5-34)30-50(2,39-12-24-45(56)25-13-39)32-51(3,40-14-26-46(57)27-15-40)31-49-47(36-8-20-43(54)21-9-36)28-38(35-6-18-42(53)19-7-35)29-48(49)37-10-22-44(55)23-11-37/h4-29,33,52-57H,30-32H2,1-3H3. The first kappa shape index (κ1) is 38.6. The van der Waals surface area contributed by atoms with Gasteiger partial charge in [0.25, 0.3) is 0 Å². The van der Waals surface area contributed by atoms with Crippen molar-refractivity contribution in [3.63, 3.8) is 0 Å². The van der Waals surface area contributed by atoms with Crippen molar-refractivity contribution in [3.05, 3.63) is 180 Å². The summed E-state index contributed by atoms with van der Waals surface area (Å²) in [4.78, 5) is 0. The third-order valence-electron chi connectivity index (χ3n) is 11.5. The topological polar surface area (TPSA) is 121 Å². The fourth-order valence-electron chi connectivity index (χ4n) is 8.61. The predicted molar refractivity (Wildman–Crippen MR) is 228 cm³/mol. The van der Waals surface area contributed by atoms with Crippen LogP contribution in [0.1, 0.15) is 61.8 Å². The van der Waals surface area contributed by atoms with Gasteiger partial charge >= 0.3 is 0 Å². The van der Waals surface area contributed by atoms with Gasteiger partial charge in [-0.25, -0.2) is 0 Å². The predicted octanol–water partition coefficient (Wildman–Crippen LogP) is 12.0. The molecule has 0 aliphatic carbocycles. The van der Waals surface area contributed by atoms with Gasteiger partial charge in [-0.3, -0.25) is 0 Å². The molecule has 6 nitrogen and oxygen atoms in total. The van der Waals surface area contributed by atoms with Crippen LogP contribution in [0.4, 0.5) is 0 Å². The van der Waals surface area contributed by atoms with Crippen LogP contribution < -0.4 is 0 Å². The van der Waals surface area contributed by atoms with Gasteiger partial charge < -0.3 is 30.6 Å². The number of phenols is 6. The Kier molecular flexibility index (Phi) is 10.7. The molecule has 0 spiro atoms. The van der Waals surface area contributed by atoms with E-state index < -0.39 is 10.8 Å². The molecule has 0 aromatic heterocycles. The summed E-state index contributed by atoms with van der Waals surface area (Å²) < 4.78 is 0. The number of hydrogen-bond donors (Lipinski definition) is 6. The van der Waals surface area contributed by atoms with Gasteiger partial charge in [-0.1, -0.05) is 93.6 Å². The van der Waals surface area contributed by atoms with Crippen LogP contribution in [0, 0.1) is 0 Å².